The summed E-state index contributed by atoms with van der Waals surface area (Å²) in [6, 6.07) is 10.8. The van der Waals surface area contributed by atoms with Gasteiger partial charge >= 0.3 is 0 Å². The van der Waals surface area contributed by atoms with Crippen LogP contribution in [-0.2, 0) is 10.2 Å². The van der Waals surface area contributed by atoms with E-state index >= 15 is 0 Å². The van der Waals surface area contributed by atoms with Gasteiger partial charge in [-0.15, -0.1) is 12.4 Å². The van der Waals surface area contributed by atoms with Gasteiger partial charge in [-0.25, -0.2) is 0 Å². The zero-order chi connectivity index (χ0) is 17.8. The number of piperidine rings is 2. The maximum absolute atomic E-state index is 13.7. The summed E-state index contributed by atoms with van der Waals surface area (Å²) in [5, 5.41) is 3.51. The Bertz CT molecular complexity index is 593. The fourth-order valence-electron chi connectivity index (χ4n) is 4.76. The van der Waals surface area contributed by atoms with Crippen LogP contribution in [0.1, 0.15) is 50.5 Å². The van der Waals surface area contributed by atoms with Gasteiger partial charge in [0.15, 0.2) is 0 Å². The molecule has 3 fully saturated rings. The monoisotopic (exact) mass is 391 g/mol. The number of likely N-dealkylation sites (tertiary alicyclic amines) is 1. The lowest BCUT2D eigenvalue weighted by Crippen LogP contribution is -2.54. The summed E-state index contributed by atoms with van der Waals surface area (Å²) in [7, 11) is 0. The van der Waals surface area contributed by atoms with E-state index in [2.05, 4.69) is 39.4 Å². The summed E-state index contributed by atoms with van der Waals surface area (Å²) in [5.41, 5.74) is 0.984. The number of halogens is 1. The van der Waals surface area contributed by atoms with Crippen LogP contribution in [0.3, 0.4) is 0 Å². The third-order valence-electron chi connectivity index (χ3n) is 6.56. The van der Waals surface area contributed by atoms with Crippen molar-refractivity contribution in [2.24, 2.45) is 0 Å². The maximum Gasteiger partial charge on any atom is 0.233 e. The van der Waals surface area contributed by atoms with Crippen molar-refractivity contribution in [1.82, 2.24) is 15.1 Å². The first kappa shape index (κ1) is 20.6. The lowest BCUT2D eigenvalue weighted by atomic mass is 9.92. The lowest BCUT2D eigenvalue weighted by Gasteiger charge is -2.39. The molecule has 5 heteroatoms. The van der Waals surface area contributed by atoms with Crippen LogP contribution in [-0.4, -0.2) is 61.0 Å². The third kappa shape index (κ3) is 4.67. The number of nitrogens with one attached hydrogen (secondary N) is 1. The molecule has 27 heavy (non-hydrogen) atoms. The molecule has 0 aromatic heterocycles. The summed E-state index contributed by atoms with van der Waals surface area (Å²) in [6.07, 6.45) is 8.33. The molecular weight excluding hydrogens is 358 g/mol. The van der Waals surface area contributed by atoms with Crippen LogP contribution in [0.2, 0.25) is 0 Å². The second kappa shape index (κ2) is 9.40. The van der Waals surface area contributed by atoms with Crippen molar-refractivity contribution in [3.63, 3.8) is 0 Å². The predicted molar refractivity (Wildman–Crippen MR) is 112 cm³/mol. The zero-order valence-electron chi connectivity index (χ0n) is 16.4. The number of rotatable bonds is 6. The van der Waals surface area contributed by atoms with Crippen LogP contribution in [0.15, 0.2) is 30.3 Å². The van der Waals surface area contributed by atoms with Crippen LogP contribution < -0.4 is 5.32 Å². The maximum atomic E-state index is 13.7. The van der Waals surface area contributed by atoms with Crippen molar-refractivity contribution in [2.45, 2.75) is 56.4 Å². The second-order valence-electron chi connectivity index (χ2n) is 8.35. The third-order valence-corrected chi connectivity index (χ3v) is 6.56. The highest BCUT2D eigenvalue weighted by Gasteiger charge is 2.53. The molecule has 1 aliphatic carbocycles. The topological polar surface area (TPSA) is 35.6 Å². The summed E-state index contributed by atoms with van der Waals surface area (Å²) >= 11 is 0. The molecule has 1 amide bonds. The van der Waals surface area contributed by atoms with E-state index in [1.807, 2.05) is 6.07 Å². The number of nitrogens with zero attached hydrogens (tertiary/aromatic N) is 2. The smallest absolute Gasteiger partial charge is 0.233 e. The van der Waals surface area contributed by atoms with E-state index in [0.29, 0.717) is 11.9 Å². The number of amides is 1. The highest BCUT2D eigenvalue weighted by Crippen LogP contribution is 2.50. The molecule has 1 unspecified atom stereocenters. The van der Waals surface area contributed by atoms with E-state index in [1.54, 1.807) is 0 Å². The average Bonchev–Trinajstić information content (AvgIpc) is 3.52. The van der Waals surface area contributed by atoms with Gasteiger partial charge in [0, 0.05) is 25.7 Å². The van der Waals surface area contributed by atoms with E-state index in [1.165, 1.54) is 44.3 Å². The van der Waals surface area contributed by atoms with E-state index in [9.17, 15) is 4.79 Å². The Labute approximate surface area is 170 Å². The first-order valence-electron chi connectivity index (χ1n) is 10.6. The number of hydrogen-bond donors (Lipinski definition) is 1. The first-order chi connectivity index (χ1) is 12.8. The number of carbonyl (C=O) groups excluding carboxylic acids is 1. The van der Waals surface area contributed by atoms with Gasteiger partial charge in [0.1, 0.15) is 0 Å². The summed E-state index contributed by atoms with van der Waals surface area (Å²) in [6.45, 7) is 6.38. The molecule has 150 valence electrons. The molecule has 1 aromatic carbocycles. The molecule has 1 saturated carbocycles. The minimum atomic E-state index is -0.236. The van der Waals surface area contributed by atoms with Gasteiger partial charge in [-0.3, -0.25) is 4.79 Å². The van der Waals surface area contributed by atoms with Crippen molar-refractivity contribution in [2.75, 3.05) is 39.3 Å². The van der Waals surface area contributed by atoms with E-state index in [0.717, 1.165) is 45.4 Å². The minimum Gasteiger partial charge on any atom is -0.336 e. The first-order valence-corrected chi connectivity index (χ1v) is 10.6. The van der Waals surface area contributed by atoms with Crippen molar-refractivity contribution >= 4 is 18.3 Å². The van der Waals surface area contributed by atoms with E-state index < -0.39 is 0 Å². The molecule has 0 bridgehead atoms. The van der Waals surface area contributed by atoms with Crippen LogP contribution >= 0.6 is 12.4 Å². The molecule has 1 N–H and O–H groups in total. The molecule has 3 aliphatic rings. The highest BCUT2D eigenvalue weighted by molar-refractivity contribution is 5.91. The largest absolute Gasteiger partial charge is 0.336 e. The molecule has 1 aromatic rings. The number of benzene rings is 1. The Hall–Kier alpha value is -1.10. The van der Waals surface area contributed by atoms with Gasteiger partial charge in [-0.1, -0.05) is 36.8 Å². The lowest BCUT2D eigenvalue weighted by molar-refractivity contribution is -0.137. The highest BCUT2D eigenvalue weighted by atomic mass is 35.5. The van der Waals surface area contributed by atoms with Crippen LogP contribution in [0.5, 0.6) is 0 Å². The Morgan fingerprint density at radius 2 is 1.85 bits per heavy atom. The quantitative estimate of drug-likeness (QED) is 0.808. The normalized spacial score (nSPS) is 24.7. The van der Waals surface area contributed by atoms with Crippen LogP contribution in [0.25, 0.3) is 0 Å². The van der Waals surface area contributed by atoms with Crippen molar-refractivity contribution in [3.05, 3.63) is 35.9 Å². The van der Waals surface area contributed by atoms with Crippen LogP contribution in [0.4, 0.5) is 0 Å². The Morgan fingerprint density at radius 3 is 2.48 bits per heavy atom. The Balaban J connectivity index is 0.00000210. The minimum absolute atomic E-state index is 0. The second-order valence-corrected chi connectivity index (χ2v) is 8.35. The average molecular weight is 392 g/mol. The van der Waals surface area contributed by atoms with Crippen molar-refractivity contribution in [3.8, 4) is 0 Å². The molecule has 4 nitrogen and oxygen atoms in total. The predicted octanol–water partition coefficient (Wildman–Crippen LogP) is 3.21. The fraction of sp³-hybridized carbons (Fsp3) is 0.682. The van der Waals surface area contributed by atoms with Gasteiger partial charge in [-0.05, 0) is 63.7 Å². The van der Waals surface area contributed by atoms with Crippen LogP contribution in [0, 0.1) is 0 Å². The summed E-state index contributed by atoms with van der Waals surface area (Å²) in [5.74, 6) is 0.384. The molecule has 0 spiro atoms. The fourth-order valence-corrected chi connectivity index (χ4v) is 4.76. The van der Waals surface area contributed by atoms with Crippen molar-refractivity contribution in [1.29, 1.82) is 0 Å². The molecule has 4 rings (SSSR count). The molecule has 0 radical (unpaired) electrons. The van der Waals surface area contributed by atoms with Crippen molar-refractivity contribution < 1.29 is 4.79 Å². The van der Waals surface area contributed by atoms with E-state index in [4.69, 9.17) is 0 Å². The number of hydrogen-bond acceptors (Lipinski definition) is 3. The molecule has 1 atom stereocenters. The summed E-state index contributed by atoms with van der Waals surface area (Å²) < 4.78 is 0. The van der Waals surface area contributed by atoms with Gasteiger partial charge in [0.2, 0.25) is 5.91 Å². The molecule has 2 aliphatic heterocycles. The molecule has 2 saturated heterocycles. The van der Waals surface area contributed by atoms with Gasteiger partial charge in [-0.2, -0.15) is 0 Å². The van der Waals surface area contributed by atoms with E-state index in [-0.39, 0.29) is 17.8 Å². The zero-order valence-corrected chi connectivity index (χ0v) is 17.2. The SMILES string of the molecule is Cl.O=C(N(CCN1CCCCC1)C1CCCNC1)C1(c2ccccc2)CC1. The number of carbonyl (C=O) groups is 1. The standard InChI is InChI=1S/C22H33N3O.ClH/c26-21(22(11-12-22)19-8-3-1-4-9-19)25(20-10-7-13-23-18-20)17-16-24-14-5-2-6-15-24;/h1,3-4,8-9,20,23H,2,5-7,10-18H2;1H. The Morgan fingerprint density at radius 1 is 1.11 bits per heavy atom. The van der Waals surface area contributed by atoms with Gasteiger partial charge in [0.25, 0.3) is 0 Å². The Kier molecular flexibility index (Phi) is 7.18. The van der Waals surface area contributed by atoms with Gasteiger partial charge in [0.05, 0.1) is 5.41 Å². The van der Waals surface area contributed by atoms with Gasteiger partial charge < -0.3 is 15.1 Å². The molecule has 2 heterocycles. The molecular formula is C22H34ClN3O. The summed E-state index contributed by atoms with van der Waals surface area (Å²) in [4.78, 5) is 18.5.